The molecule has 0 aliphatic carbocycles. The van der Waals surface area contributed by atoms with Crippen LogP contribution >= 0.6 is 0 Å². The molecular weight excluding hydrogens is 218 g/mol. The molecule has 2 aromatic carbocycles. The molecule has 2 rings (SSSR count). The van der Waals surface area contributed by atoms with Crippen LogP contribution in [0.3, 0.4) is 0 Å². The number of hydrogen-bond donors (Lipinski definition) is 1. The number of nitrogens with one attached hydrogen (secondary N) is 1. The van der Waals surface area contributed by atoms with Gasteiger partial charge in [0, 0.05) is 6.04 Å². The van der Waals surface area contributed by atoms with Crippen molar-refractivity contribution in [3.8, 4) is 11.1 Å². The van der Waals surface area contributed by atoms with Crippen LogP contribution in [0.1, 0.15) is 25.5 Å². The molecule has 0 saturated carbocycles. The zero-order chi connectivity index (χ0) is 13.0. The van der Waals surface area contributed by atoms with Gasteiger partial charge in [0.05, 0.1) is 0 Å². The molecule has 0 aliphatic heterocycles. The van der Waals surface area contributed by atoms with E-state index in [1.165, 1.54) is 16.7 Å². The van der Waals surface area contributed by atoms with Crippen molar-refractivity contribution in [1.29, 1.82) is 0 Å². The average molecular weight is 239 g/mol. The number of benzene rings is 2. The van der Waals surface area contributed by atoms with Crippen LogP contribution in [0.4, 0.5) is 0 Å². The minimum absolute atomic E-state index is 0.426. The Morgan fingerprint density at radius 3 is 1.83 bits per heavy atom. The molecule has 18 heavy (non-hydrogen) atoms. The van der Waals surface area contributed by atoms with E-state index in [1.807, 2.05) is 13.1 Å². The van der Waals surface area contributed by atoms with Crippen LogP contribution < -0.4 is 5.32 Å². The fraction of sp³-hybridized carbons (Fsp3) is 0.294. The minimum atomic E-state index is 0.426. The Kier molecular flexibility index (Phi) is 4.16. The Hall–Kier alpha value is -1.60. The molecule has 2 aromatic rings. The molecule has 0 fully saturated rings. The first-order valence-corrected chi connectivity index (χ1v) is 6.55. The Bertz CT molecular complexity index is 471. The summed E-state index contributed by atoms with van der Waals surface area (Å²) in [4.78, 5) is 0. The fourth-order valence-electron chi connectivity index (χ4n) is 2.40. The highest BCUT2D eigenvalue weighted by Gasteiger charge is 2.12. The SMILES string of the molecule is CNC(c1ccc(-c2ccccc2)cc1)C(C)C. The van der Waals surface area contributed by atoms with E-state index in [2.05, 4.69) is 67.7 Å². The van der Waals surface area contributed by atoms with Gasteiger partial charge in [-0.3, -0.25) is 0 Å². The summed E-state index contributed by atoms with van der Waals surface area (Å²) in [7, 11) is 2.02. The number of rotatable bonds is 4. The largest absolute Gasteiger partial charge is 0.313 e. The first-order valence-electron chi connectivity index (χ1n) is 6.55. The van der Waals surface area contributed by atoms with Gasteiger partial charge in [-0.25, -0.2) is 0 Å². The van der Waals surface area contributed by atoms with E-state index in [4.69, 9.17) is 0 Å². The highest BCUT2D eigenvalue weighted by molar-refractivity contribution is 5.63. The molecule has 0 bridgehead atoms. The van der Waals surface area contributed by atoms with E-state index in [0.717, 1.165) is 0 Å². The lowest BCUT2D eigenvalue weighted by atomic mass is 9.94. The van der Waals surface area contributed by atoms with Gasteiger partial charge >= 0.3 is 0 Å². The topological polar surface area (TPSA) is 12.0 Å². The van der Waals surface area contributed by atoms with Crippen LogP contribution in [0.15, 0.2) is 54.6 Å². The van der Waals surface area contributed by atoms with Crippen LogP contribution in [0.5, 0.6) is 0 Å². The molecule has 1 atom stereocenters. The summed E-state index contributed by atoms with van der Waals surface area (Å²) in [5.41, 5.74) is 3.90. The summed E-state index contributed by atoms with van der Waals surface area (Å²) in [6.07, 6.45) is 0. The van der Waals surface area contributed by atoms with Crippen molar-refractivity contribution in [3.63, 3.8) is 0 Å². The van der Waals surface area contributed by atoms with Gasteiger partial charge < -0.3 is 5.32 Å². The van der Waals surface area contributed by atoms with Crippen molar-refractivity contribution in [1.82, 2.24) is 5.32 Å². The molecule has 0 amide bonds. The van der Waals surface area contributed by atoms with Crippen molar-refractivity contribution in [2.75, 3.05) is 7.05 Å². The van der Waals surface area contributed by atoms with Gasteiger partial charge in [0.2, 0.25) is 0 Å². The van der Waals surface area contributed by atoms with Gasteiger partial charge in [-0.15, -0.1) is 0 Å². The quantitative estimate of drug-likeness (QED) is 0.840. The second kappa shape index (κ2) is 5.83. The Morgan fingerprint density at radius 1 is 0.778 bits per heavy atom. The van der Waals surface area contributed by atoms with Crippen molar-refractivity contribution < 1.29 is 0 Å². The molecule has 1 heteroatoms. The summed E-state index contributed by atoms with van der Waals surface area (Å²) in [5, 5.41) is 3.38. The van der Waals surface area contributed by atoms with Crippen LogP contribution in [0.2, 0.25) is 0 Å². The molecule has 94 valence electrons. The third kappa shape index (κ3) is 2.80. The van der Waals surface area contributed by atoms with Crippen LogP contribution in [-0.4, -0.2) is 7.05 Å². The normalized spacial score (nSPS) is 12.7. The van der Waals surface area contributed by atoms with Crippen molar-refractivity contribution in [3.05, 3.63) is 60.2 Å². The molecule has 0 aromatic heterocycles. The smallest absolute Gasteiger partial charge is 0.0340 e. The van der Waals surface area contributed by atoms with Gasteiger partial charge in [-0.1, -0.05) is 68.4 Å². The molecule has 0 saturated heterocycles. The van der Waals surface area contributed by atoms with E-state index in [9.17, 15) is 0 Å². The summed E-state index contributed by atoms with van der Waals surface area (Å²) in [6.45, 7) is 4.48. The fourth-order valence-corrected chi connectivity index (χ4v) is 2.40. The van der Waals surface area contributed by atoms with E-state index in [1.54, 1.807) is 0 Å². The van der Waals surface area contributed by atoms with Crippen molar-refractivity contribution >= 4 is 0 Å². The van der Waals surface area contributed by atoms with Gasteiger partial charge in [0.15, 0.2) is 0 Å². The van der Waals surface area contributed by atoms with Crippen LogP contribution in [0.25, 0.3) is 11.1 Å². The molecule has 0 heterocycles. The van der Waals surface area contributed by atoms with Gasteiger partial charge in [-0.2, -0.15) is 0 Å². The molecular formula is C17H21N. The van der Waals surface area contributed by atoms with Crippen LogP contribution in [0, 0.1) is 5.92 Å². The zero-order valence-electron chi connectivity index (χ0n) is 11.4. The molecule has 0 aliphatic rings. The summed E-state index contributed by atoms with van der Waals surface area (Å²) < 4.78 is 0. The maximum Gasteiger partial charge on any atom is 0.0340 e. The van der Waals surface area contributed by atoms with Gasteiger partial charge in [0.25, 0.3) is 0 Å². The molecule has 1 nitrogen and oxygen atoms in total. The average Bonchev–Trinajstić information content (AvgIpc) is 2.41. The monoisotopic (exact) mass is 239 g/mol. The number of hydrogen-bond acceptors (Lipinski definition) is 1. The maximum atomic E-state index is 3.38. The van der Waals surface area contributed by atoms with E-state index in [0.29, 0.717) is 12.0 Å². The minimum Gasteiger partial charge on any atom is -0.313 e. The lowest BCUT2D eigenvalue weighted by Crippen LogP contribution is -2.21. The summed E-state index contributed by atoms with van der Waals surface area (Å²) in [6, 6.07) is 19.8. The predicted molar refractivity (Wildman–Crippen MR) is 78.5 cm³/mol. The summed E-state index contributed by atoms with van der Waals surface area (Å²) >= 11 is 0. The lowest BCUT2D eigenvalue weighted by molar-refractivity contribution is 0.443. The molecule has 0 spiro atoms. The summed E-state index contributed by atoms with van der Waals surface area (Å²) in [5.74, 6) is 0.595. The standard InChI is InChI=1S/C17H21N/c1-13(2)17(18-3)16-11-9-15(10-12-16)14-7-5-4-6-8-14/h4-13,17-18H,1-3H3. The van der Waals surface area contributed by atoms with Gasteiger partial charge in [-0.05, 0) is 29.7 Å². The predicted octanol–water partition coefficient (Wildman–Crippen LogP) is 4.27. The third-order valence-electron chi connectivity index (χ3n) is 3.35. The van der Waals surface area contributed by atoms with E-state index < -0.39 is 0 Å². The second-order valence-electron chi connectivity index (χ2n) is 5.00. The molecule has 1 unspecified atom stereocenters. The van der Waals surface area contributed by atoms with Crippen molar-refractivity contribution in [2.45, 2.75) is 19.9 Å². The zero-order valence-corrected chi connectivity index (χ0v) is 11.4. The third-order valence-corrected chi connectivity index (χ3v) is 3.35. The highest BCUT2D eigenvalue weighted by atomic mass is 14.9. The Morgan fingerprint density at radius 2 is 1.33 bits per heavy atom. The molecule has 1 N–H and O–H groups in total. The lowest BCUT2D eigenvalue weighted by Gasteiger charge is -2.20. The van der Waals surface area contributed by atoms with Gasteiger partial charge in [0.1, 0.15) is 0 Å². The maximum absolute atomic E-state index is 3.38. The first-order chi connectivity index (χ1) is 8.72. The Balaban J connectivity index is 2.25. The first kappa shape index (κ1) is 12.8. The van der Waals surface area contributed by atoms with Crippen LogP contribution in [-0.2, 0) is 0 Å². The Labute approximate surface area is 110 Å². The highest BCUT2D eigenvalue weighted by Crippen LogP contribution is 2.25. The molecule has 0 radical (unpaired) electrons. The second-order valence-corrected chi connectivity index (χ2v) is 5.00. The van der Waals surface area contributed by atoms with Crippen molar-refractivity contribution in [2.24, 2.45) is 5.92 Å². The van der Waals surface area contributed by atoms with E-state index >= 15 is 0 Å². The van der Waals surface area contributed by atoms with E-state index in [-0.39, 0.29) is 0 Å².